The summed E-state index contributed by atoms with van der Waals surface area (Å²) in [5.41, 5.74) is 8.04. The molecule has 0 bridgehead atoms. The molecule has 162 valence electrons. The molecule has 1 aliphatic rings. The van der Waals surface area contributed by atoms with E-state index < -0.39 is 22.3 Å². The zero-order valence-corrected chi connectivity index (χ0v) is 16.6. The molecule has 2 unspecified atom stereocenters. The van der Waals surface area contributed by atoms with E-state index in [0.717, 1.165) is 0 Å². The third-order valence-corrected chi connectivity index (χ3v) is 5.25. The topological polar surface area (TPSA) is 176 Å². The van der Waals surface area contributed by atoms with E-state index in [1.807, 2.05) is 0 Å². The number of hydrogen-bond donors (Lipinski definition) is 5. The van der Waals surface area contributed by atoms with E-state index in [2.05, 4.69) is 29.9 Å². The van der Waals surface area contributed by atoms with Gasteiger partial charge < -0.3 is 15.7 Å². The molecule has 1 fully saturated rings. The summed E-state index contributed by atoms with van der Waals surface area (Å²) in [6.07, 6.45) is 1.20. The summed E-state index contributed by atoms with van der Waals surface area (Å²) in [6, 6.07) is 6.02. The molecule has 3 rings (SSSR count). The van der Waals surface area contributed by atoms with E-state index in [0.29, 0.717) is 18.4 Å². The molecule has 30 heavy (non-hydrogen) atoms. The van der Waals surface area contributed by atoms with Crippen LogP contribution in [0.1, 0.15) is 18.4 Å². The molecular formula is C17H22FN7O4S. The average Bonchev–Trinajstić information content (AvgIpc) is 3.04. The molecule has 1 heterocycles. The fourth-order valence-electron chi connectivity index (χ4n) is 3.32. The molecule has 1 aliphatic carbocycles. The van der Waals surface area contributed by atoms with Gasteiger partial charge in [0, 0.05) is 24.1 Å². The lowest BCUT2D eigenvalue weighted by Crippen LogP contribution is -2.24. The fourth-order valence-corrected chi connectivity index (χ4v) is 3.68. The second kappa shape index (κ2) is 9.38. The Hall–Kier alpha value is -2.74. The quantitative estimate of drug-likeness (QED) is 0.366. The van der Waals surface area contributed by atoms with E-state index in [1.165, 1.54) is 12.4 Å². The maximum absolute atomic E-state index is 13.8. The molecule has 13 heteroatoms. The first-order valence-corrected chi connectivity index (χ1v) is 10.6. The Morgan fingerprint density at radius 3 is 2.73 bits per heavy atom. The van der Waals surface area contributed by atoms with Gasteiger partial charge in [-0.1, -0.05) is 18.2 Å². The average molecular weight is 439 g/mol. The third kappa shape index (κ3) is 5.66. The van der Waals surface area contributed by atoms with Gasteiger partial charge in [0.2, 0.25) is 0 Å². The first-order valence-electron chi connectivity index (χ1n) is 9.08. The fraction of sp³-hybridized carbons (Fsp3) is 0.412. The molecule has 1 aromatic carbocycles. The zero-order valence-electron chi connectivity index (χ0n) is 15.8. The van der Waals surface area contributed by atoms with Crippen LogP contribution in [-0.2, 0) is 21.0 Å². The monoisotopic (exact) mass is 439 g/mol. The van der Waals surface area contributed by atoms with E-state index >= 15 is 0 Å². The van der Waals surface area contributed by atoms with Gasteiger partial charge in [0.05, 0.1) is 12.7 Å². The van der Waals surface area contributed by atoms with Crippen molar-refractivity contribution < 1.29 is 22.1 Å². The number of aliphatic hydroxyl groups excluding tert-OH is 1. The van der Waals surface area contributed by atoms with Gasteiger partial charge in [-0.25, -0.2) is 25.0 Å². The van der Waals surface area contributed by atoms with Crippen LogP contribution in [0.5, 0.6) is 0 Å². The van der Waals surface area contributed by atoms with Crippen LogP contribution in [0.2, 0.25) is 0 Å². The first kappa shape index (κ1) is 22.0. The van der Waals surface area contributed by atoms with Gasteiger partial charge >= 0.3 is 10.3 Å². The van der Waals surface area contributed by atoms with Crippen molar-refractivity contribution in [2.45, 2.75) is 31.5 Å². The van der Waals surface area contributed by atoms with E-state index in [1.54, 1.807) is 18.2 Å². The molecular weight excluding hydrogens is 417 g/mol. The molecule has 1 saturated carbocycles. The summed E-state index contributed by atoms with van der Waals surface area (Å²) in [4.78, 5) is 8.17. The molecule has 3 atom stereocenters. The van der Waals surface area contributed by atoms with E-state index in [9.17, 15) is 17.9 Å². The van der Waals surface area contributed by atoms with Crippen LogP contribution in [0, 0.1) is 17.3 Å². The highest BCUT2D eigenvalue weighted by Gasteiger charge is 2.34. The maximum Gasteiger partial charge on any atom is 0.333 e. The van der Waals surface area contributed by atoms with Gasteiger partial charge in [-0.2, -0.15) is 13.5 Å². The van der Waals surface area contributed by atoms with Crippen molar-refractivity contribution in [1.82, 2.24) is 9.97 Å². The maximum atomic E-state index is 13.8. The number of benzene rings is 1. The van der Waals surface area contributed by atoms with Gasteiger partial charge in [0.15, 0.2) is 17.3 Å². The van der Waals surface area contributed by atoms with Crippen LogP contribution in [0.3, 0.4) is 0 Å². The van der Waals surface area contributed by atoms with Crippen molar-refractivity contribution in [3.05, 3.63) is 42.0 Å². The Labute approximate surface area is 172 Å². The Balaban J connectivity index is 1.67. The molecule has 0 spiro atoms. The molecule has 1 aromatic heterocycles. The lowest BCUT2D eigenvalue weighted by atomic mass is 10.1. The van der Waals surface area contributed by atoms with Crippen LogP contribution in [0.4, 0.5) is 21.7 Å². The Bertz CT molecular complexity index is 1010. The summed E-state index contributed by atoms with van der Waals surface area (Å²) in [6.45, 7) is -0.0894. The minimum Gasteiger partial charge on any atom is -0.393 e. The number of halogens is 1. The Kier molecular flexibility index (Phi) is 6.87. The van der Waals surface area contributed by atoms with Crippen LogP contribution in [-0.4, -0.2) is 42.2 Å². The highest BCUT2D eigenvalue weighted by molar-refractivity contribution is 7.84. The highest BCUT2D eigenvalue weighted by atomic mass is 32.2. The third-order valence-electron chi connectivity index (χ3n) is 4.78. The van der Waals surface area contributed by atoms with Crippen molar-refractivity contribution in [3.8, 4) is 0 Å². The van der Waals surface area contributed by atoms with Crippen LogP contribution < -0.4 is 15.8 Å². The smallest absolute Gasteiger partial charge is 0.333 e. The van der Waals surface area contributed by atoms with Crippen molar-refractivity contribution in [1.29, 1.82) is 5.53 Å². The van der Waals surface area contributed by atoms with Gasteiger partial charge in [-0.3, -0.25) is 4.18 Å². The van der Waals surface area contributed by atoms with Crippen LogP contribution in [0.25, 0.3) is 0 Å². The number of aliphatic hydroxyl groups is 1. The molecule has 0 amide bonds. The minimum absolute atomic E-state index is 0.132. The largest absolute Gasteiger partial charge is 0.393 e. The van der Waals surface area contributed by atoms with Gasteiger partial charge in [-0.15, -0.1) is 0 Å². The predicted molar refractivity (Wildman–Crippen MR) is 106 cm³/mol. The second-order valence-electron chi connectivity index (χ2n) is 6.89. The Morgan fingerprint density at radius 1 is 1.30 bits per heavy atom. The zero-order chi connectivity index (χ0) is 21.7. The van der Waals surface area contributed by atoms with Crippen molar-refractivity contribution in [2.24, 2.45) is 16.2 Å². The highest BCUT2D eigenvalue weighted by Crippen LogP contribution is 2.34. The molecule has 11 nitrogen and oxygen atoms in total. The summed E-state index contributed by atoms with van der Waals surface area (Å²) < 4.78 is 40.3. The van der Waals surface area contributed by atoms with Gasteiger partial charge in [-0.05, 0) is 18.9 Å². The molecule has 0 saturated heterocycles. The van der Waals surface area contributed by atoms with Crippen LogP contribution >= 0.6 is 0 Å². The van der Waals surface area contributed by atoms with Gasteiger partial charge in [0.25, 0.3) is 0 Å². The number of rotatable bonds is 9. The molecule has 2 aromatic rings. The lowest BCUT2D eigenvalue weighted by molar-refractivity contribution is 0.101. The summed E-state index contributed by atoms with van der Waals surface area (Å²) in [5, 5.41) is 24.5. The lowest BCUT2D eigenvalue weighted by Gasteiger charge is -2.16. The van der Waals surface area contributed by atoms with E-state index in [-0.39, 0.29) is 42.3 Å². The van der Waals surface area contributed by atoms with Crippen molar-refractivity contribution in [2.75, 3.05) is 17.2 Å². The second-order valence-corrected chi connectivity index (χ2v) is 8.11. The normalized spacial score (nSPS) is 21.4. The Morgan fingerprint density at radius 2 is 2.03 bits per heavy atom. The number of nitrogens with two attached hydrogens (primary N) is 1. The van der Waals surface area contributed by atoms with E-state index in [4.69, 9.17) is 10.7 Å². The molecule has 0 radical (unpaired) electrons. The van der Waals surface area contributed by atoms with Crippen molar-refractivity contribution >= 4 is 27.6 Å². The standard InChI is InChI=1S/C17H22FN7O4S/c18-13-4-2-1-3-10(13)7-21-16-15(25-19)17(23-9-22-16)24-12-5-11(14(26)6-12)8-29-30(20,27)28/h1-4,9,11-12,14,19,26H,5-8H2,(H2,20,27,28)(H2,21,22,23,24)/t11?,12?,14-/m1/s1. The molecule has 6 N–H and O–H groups in total. The first-order chi connectivity index (χ1) is 14.3. The number of hydrogen-bond acceptors (Lipinski definition) is 10. The van der Waals surface area contributed by atoms with Gasteiger partial charge in [0.1, 0.15) is 12.1 Å². The number of nitrogens with one attached hydrogen (secondary N) is 3. The predicted octanol–water partition coefficient (Wildman–Crippen LogP) is 1.66. The number of aromatic nitrogens is 2. The van der Waals surface area contributed by atoms with Crippen LogP contribution in [0.15, 0.2) is 35.7 Å². The summed E-state index contributed by atoms with van der Waals surface area (Å²) >= 11 is 0. The summed E-state index contributed by atoms with van der Waals surface area (Å²) in [7, 11) is -4.09. The minimum atomic E-state index is -4.09. The number of anilines is 2. The SMILES string of the molecule is N=Nc1c(NCc2ccccc2F)ncnc1NC1CC(COS(N)(=O)=O)[C@H](O)C1. The number of nitrogens with zero attached hydrogens (tertiary/aromatic N) is 3. The molecule has 0 aliphatic heterocycles. The van der Waals surface area contributed by atoms with Crippen molar-refractivity contribution in [3.63, 3.8) is 0 Å². The summed E-state index contributed by atoms with van der Waals surface area (Å²) in [5.74, 6) is -0.285.